The van der Waals surface area contributed by atoms with Crippen LogP contribution in [0.4, 0.5) is 0 Å². The van der Waals surface area contributed by atoms with Crippen LogP contribution in [0.1, 0.15) is 27.7 Å². The van der Waals surface area contributed by atoms with E-state index in [9.17, 15) is 16.8 Å². The molecule has 0 saturated carbocycles. The summed E-state index contributed by atoms with van der Waals surface area (Å²) in [6.45, 7) is 6.10. The molecule has 0 atom stereocenters. The molecule has 6 heteroatoms. The molecule has 0 aliphatic carbocycles. The highest BCUT2D eigenvalue weighted by molar-refractivity contribution is 8.10. The van der Waals surface area contributed by atoms with Crippen LogP contribution in [-0.2, 0) is 19.7 Å². The van der Waals surface area contributed by atoms with Crippen molar-refractivity contribution in [3.63, 3.8) is 0 Å². The minimum atomic E-state index is -3.80. The zero-order valence-electron chi connectivity index (χ0n) is 13.0. The molecule has 0 radical (unpaired) electrons. The van der Waals surface area contributed by atoms with Gasteiger partial charge in [-0.25, -0.2) is 16.8 Å². The van der Waals surface area contributed by atoms with Gasteiger partial charge in [0.2, 0.25) is 0 Å². The maximum absolute atomic E-state index is 12.3. The fourth-order valence-electron chi connectivity index (χ4n) is 1.34. The first kappa shape index (κ1) is 19.9. The van der Waals surface area contributed by atoms with Crippen molar-refractivity contribution in [2.75, 3.05) is 11.5 Å². The summed E-state index contributed by atoms with van der Waals surface area (Å²) in [5.41, 5.74) is 0. The van der Waals surface area contributed by atoms with Crippen LogP contribution in [0.15, 0.2) is 48.6 Å². The van der Waals surface area contributed by atoms with Crippen molar-refractivity contribution in [1.29, 1.82) is 0 Å². The number of hydrogen-bond donors (Lipinski definition) is 0. The highest BCUT2D eigenvalue weighted by atomic mass is 32.3. The SMILES string of the molecule is CC=CC=CCS(=O)(=O)C(C)(C)S(=O)(=O)CC=CC=CC. The standard InChI is InChI=1S/C15H24O4S2/c1-5-7-9-11-13-20(16,17)15(3,4)21(18,19)14-12-10-8-6-2/h5-12H,13-14H2,1-4H3. The van der Waals surface area contributed by atoms with Crippen LogP contribution in [0.25, 0.3) is 0 Å². The van der Waals surface area contributed by atoms with E-state index in [0.29, 0.717) is 0 Å². The van der Waals surface area contributed by atoms with Crippen molar-refractivity contribution < 1.29 is 16.8 Å². The average Bonchev–Trinajstić information content (AvgIpc) is 2.39. The molecule has 0 spiro atoms. The molecule has 0 amide bonds. The molecule has 0 aromatic rings. The normalized spacial score (nSPS) is 15.0. The zero-order valence-corrected chi connectivity index (χ0v) is 14.6. The Kier molecular flexibility index (Phi) is 7.89. The summed E-state index contributed by atoms with van der Waals surface area (Å²) in [6, 6.07) is 0. The quantitative estimate of drug-likeness (QED) is 0.641. The van der Waals surface area contributed by atoms with E-state index in [2.05, 4.69) is 0 Å². The van der Waals surface area contributed by atoms with Crippen molar-refractivity contribution in [3.05, 3.63) is 48.6 Å². The van der Waals surface area contributed by atoms with Gasteiger partial charge in [-0.05, 0) is 27.7 Å². The lowest BCUT2D eigenvalue weighted by molar-refractivity contribution is 0.559. The molecule has 0 fully saturated rings. The Balaban J connectivity index is 5.24. The first-order valence-electron chi connectivity index (χ1n) is 6.62. The molecule has 0 aromatic carbocycles. The molecule has 0 aromatic heterocycles. The molecule has 4 nitrogen and oxygen atoms in total. The first-order chi connectivity index (χ1) is 9.62. The second-order valence-electron chi connectivity index (χ2n) is 4.87. The Morgan fingerprint density at radius 1 is 0.714 bits per heavy atom. The van der Waals surface area contributed by atoms with E-state index in [1.165, 1.54) is 26.0 Å². The molecular weight excluding hydrogens is 308 g/mol. The molecule has 0 aliphatic rings. The monoisotopic (exact) mass is 332 g/mol. The summed E-state index contributed by atoms with van der Waals surface area (Å²) in [4.78, 5) is 0. The van der Waals surface area contributed by atoms with E-state index >= 15 is 0 Å². The van der Waals surface area contributed by atoms with Gasteiger partial charge in [-0.1, -0.05) is 48.6 Å². The fraction of sp³-hybridized carbons (Fsp3) is 0.467. The van der Waals surface area contributed by atoms with Crippen LogP contribution >= 0.6 is 0 Å². The number of allylic oxidation sites excluding steroid dienone is 6. The minimum Gasteiger partial charge on any atom is -0.227 e. The molecule has 0 heterocycles. The van der Waals surface area contributed by atoms with Crippen LogP contribution in [0, 0.1) is 0 Å². The van der Waals surface area contributed by atoms with E-state index < -0.39 is 23.8 Å². The summed E-state index contributed by atoms with van der Waals surface area (Å²) in [6.07, 6.45) is 13.0. The van der Waals surface area contributed by atoms with Crippen molar-refractivity contribution >= 4 is 19.7 Å². The maximum atomic E-state index is 12.3. The molecule has 0 unspecified atom stereocenters. The Morgan fingerprint density at radius 2 is 1.05 bits per heavy atom. The predicted molar refractivity (Wildman–Crippen MR) is 89.6 cm³/mol. The van der Waals surface area contributed by atoms with Gasteiger partial charge < -0.3 is 0 Å². The highest BCUT2D eigenvalue weighted by Crippen LogP contribution is 2.26. The molecule has 0 N–H and O–H groups in total. The smallest absolute Gasteiger partial charge is 0.173 e. The molecule has 0 aliphatic heterocycles. The third kappa shape index (κ3) is 5.63. The van der Waals surface area contributed by atoms with Crippen LogP contribution in [-0.4, -0.2) is 32.4 Å². The molecule has 120 valence electrons. The van der Waals surface area contributed by atoms with Crippen molar-refractivity contribution in [2.24, 2.45) is 0 Å². The third-order valence-electron chi connectivity index (χ3n) is 3.01. The largest absolute Gasteiger partial charge is 0.227 e. The lowest BCUT2D eigenvalue weighted by Crippen LogP contribution is -2.42. The fourth-order valence-corrected chi connectivity index (χ4v) is 4.83. The summed E-state index contributed by atoms with van der Waals surface area (Å²) in [5, 5.41) is 0. The van der Waals surface area contributed by atoms with E-state index in [4.69, 9.17) is 0 Å². The van der Waals surface area contributed by atoms with Crippen LogP contribution < -0.4 is 0 Å². The number of hydrogen-bond acceptors (Lipinski definition) is 4. The van der Waals surface area contributed by atoms with E-state index in [1.54, 1.807) is 36.5 Å². The van der Waals surface area contributed by atoms with Gasteiger partial charge in [-0.2, -0.15) is 0 Å². The van der Waals surface area contributed by atoms with Gasteiger partial charge in [0.05, 0.1) is 11.5 Å². The molecule has 0 rings (SSSR count). The lowest BCUT2D eigenvalue weighted by atomic mass is 10.5. The van der Waals surface area contributed by atoms with Gasteiger partial charge in [-0.3, -0.25) is 0 Å². The summed E-state index contributed by atoms with van der Waals surface area (Å²) < 4.78 is 47.2. The summed E-state index contributed by atoms with van der Waals surface area (Å²) in [7, 11) is -7.60. The number of sulfone groups is 2. The van der Waals surface area contributed by atoms with Gasteiger partial charge in [-0.15, -0.1) is 0 Å². The second-order valence-corrected chi connectivity index (χ2v) is 10.3. The Morgan fingerprint density at radius 3 is 1.33 bits per heavy atom. The Bertz CT molecular complexity index is 575. The molecule has 0 bridgehead atoms. The highest BCUT2D eigenvalue weighted by Gasteiger charge is 2.44. The van der Waals surface area contributed by atoms with E-state index in [1.807, 2.05) is 13.8 Å². The van der Waals surface area contributed by atoms with E-state index in [0.717, 1.165) is 0 Å². The first-order valence-corrected chi connectivity index (χ1v) is 9.93. The zero-order chi connectivity index (χ0) is 16.6. The van der Waals surface area contributed by atoms with Crippen molar-refractivity contribution in [3.8, 4) is 0 Å². The van der Waals surface area contributed by atoms with Crippen molar-refractivity contribution in [1.82, 2.24) is 0 Å². The van der Waals surface area contributed by atoms with Gasteiger partial charge in [0.1, 0.15) is 0 Å². The van der Waals surface area contributed by atoms with Gasteiger partial charge >= 0.3 is 0 Å². The maximum Gasteiger partial charge on any atom is 0.173 e. The van der Waals surface area contributed by atoms with Gasteiger partial charge in [0.25, 0.3) is 0 Å². The van der Waals surface area contributed by atoms with Gasteiger partial charge in [0, 0.05) is 0 Å². The lowest BCUT2D eigenvalue weighted by Gasteiger charge is -2.23. The van der Waals surface area contributed by atoms with Crippen molar-refractivity contribution in [2.45, 2.75) is 31.8 Å². The summed E-state index contributed by atoms with van der Waals surface area (Å²) in [5.74, 6) is -0.607. The van der Waals surface area contributed by atoms with E-state index in [-0.39, 0.29) is 11.5 Å². The number of rotatable bonds is 8. The van der Waals surface area contributed by atoms with Crippen LogP contribution in [0.3, 0.4) is 0 Å². The Labute approximate surface area is 128 Å². The third-order valence-corrected chi connectivity index (χ3v) is 8.79. The summed E-state index contributed by atoms with van der Waals surface area (Å²) >= 11 is 0. The van der Waals surface area contributed by atoms with Crippen LogP contribution in [0.5, 0.6) is 0 Å². The predicted octanol–water partition coefficient (Wildman–Crippen LogP) is 2.82. The van der Waals surface area contributed by atoms with Gasteiger partial charge in [0.15, 0.2) is 23.8 Å². The Hall–Kier alpha value is -1.14. The van der Waals surface area contributed by atoms with Crippen LogP contribution in [0.2, 0.25) is 0 Å². The molecule has 0 saturated heterocycles. The molecular formula is C15H24O4S2. The molecule has 21 heavy (non-hydrogen) atoms. The topological polar surface area (TPSA) is 68.3 Å². The average molecular weight is 332 g/mol. The second kappa shape index (κ2) is 8.34. The minimum absolute atomic E-state index is 0.303.